The van der Waals surface area contributed by atoms with Crippen LogP contribution in [0, 0.1) is 0 Å². The summed E-state index contributed by atoms with van der Waals surface area (Å²) in [6.45, 7) is -0.621. The molecule has 1 aromatic carbocycles. The maximum absolute atomic E-state index is 10.8. The molecule has 1 aliphatic rings. The highest BCUT2D eigenvalue weighted by molar-refractivity contribution is 5.73. The molecule has 1 aromatic rings. The third kappa shape index (κ3) is 4.37. The molecule has 10 heteroatoms. The van der Waals surface area contributed by atoms with Crippen molar-refractivity contribution in [3.05, 3.63) is 23.8 Å². The van der Waals surface area contributed by atoms with Crippen molar-refractivity contribution >= 4 is 5.97 Å². The molecule has 0 aliphatic carbocycles. The zero-order chi connectivity index (χ0) is 18.7. The SMILES string of the molecule is NC(Cc1ccc(O)c(O[C@H]2O[C@H](CO)[C@@H](O)[C@H](O)[C@H]2O)c1)C(=O)O. The lowest BCUT2D eigenvalue weighted by molar-refractivity contribution is -0.277. The molecular weight excluding hydrogens is 338 g/mol. The summed E-state index contributed by atoms with van der Waals surface area (Å²) in [6.07, 6.45) is -7.45. The number of aliphatic hydroxyl groups is 4. The van der Waals surface area contributed by atoms with Crippen molar-refractivity contribution in [1.82, 2.24) is 0 Å². The predicted molar refractivity (Wildman–Crippen MR) is 81.8 cm³/mol. The van der Waals surface area contributed by atoms with Crippen LogP contribution >= 0.6 is 0 Å². The number of nitrogens with two attached hydrogens (primary N) is 1. The van der Waals surface area contributed by atoms with E-state index in [9.17, 15) is 25.2 Å². The van der Waals surface area contributed by atoms with Crippen molar-refractivity contribution in [2.45, 2.75) is 43.2 Å². The minimum atomic E-state index is -1.64. The molecule has 1 unspecified atom stereocenters. The van der Waals surface area contributed by atoms with E-state index in [0.717, 1.165) is 0 Å². The van der Waals surface area contributed by atoms with Crippen LogP contribution in [-0.4, -0.2) is 80.0 Å². The van der Waals surface area contributed by atoms with Gasteiger partial charge in [0.2, 0.25) is 6.29 Å². The topological polar surface area (TPSA) is 183 Å². The van der Waals surface area contributed by atoms with Crippen molar-refractivity contribution in [3.63, 3.8) is 0 Å². The van der Waals surface area contributed by atoms with E-state index in [0.29, 0.717) is 5.56 Å². The molecule has 1 saturated heterocycles. The average Bonchev–Trinajstić information content (AvgIpc) is 2.58. The fourth-order valence-corrected chi connectivity index (χ4v) is 2.41. The summed E-state index contributed by atoms with van der Waals surface area (Å²) in [7, 11) is 0. The van der Waals surface area contributed by atoms with E-state index in [4.69, 9.17) is 25.4 Å². The van der Waals surface area contributed by atoms with E-state index in [1.165, 1.54) is 18.2 Å². The maximum atomic E-state index is 10.8. The Kier molecular flexibility index (Phi) is 6.16. The smallest absolute Gasteiger partial charge is 0.320 e. The summed E-state index contributed by atoms with van der Waals surface area (Å²) in [5.41, 5.74) is 5.91. The number of phenolic OH excluding ortho intramolecular Hbond substituents is 1. The summed E-state index contributed by atoms with van der Waals surface area (Å²) in [6, 6.07) is 2.88. The number of carboxylic acids is 1. The van der Waals surface area contributed by atoms with Gasteiger partial charge in [0.05, 0.1) is 6.61 Å². The first-order valence-corrected chi connectivity index (χ1v) is 7.52. The third-order valence-corrected chi connectivity index (χ3v) is 3.89. The molecule has 8 N–H and O–H groups in total. The molecule has 25 heavy (non-hydrogen) atoms. The summed E-state index contributed by atoms with van der Waals surface area (Å²) in [4.78, 5) is 10.8. The Morgan fingerprint density at radius 3 is 2.52 bits per heavy atom. The van der Waals surface area contributed by atoms with E-state index >= 15 is 0 Å². The molecule has 0 saturated carbocycles. The van der Waals surface area contributed by atoms with Gasteiger partial charge in [-0.05, 0) is 24.1 Å². The normalized spacial score (nSPS) is 30.7. The van der Waals surface area contributed by atoms with Gasteiger partial charge >= 0.3 is 5.97 Å². The van der Waals surface area contributed by atoms with Crippen molar-refractivity contribution in [2.24, 2.45) is 5.73 Å². The predicted octanol–water partition coefficient (Wildman–Crippen LogP) is -2.47. The number of phenols is 1. The van der Waals surface area contributed by atoms with Crippen LogP contribution in [-0.2, 0) is 16.0 Å². The molecule has 6 atom stereocenters. The number of aliphatic hydroxyl groups excluding tert-OH is 4. The first-order valence-electron chi connectivity index (χ1n) is 7.52. The molecular formula is C15H21NO9. The molecule has 1 fully saturated rings. The second-order valence-electron chi connectivity index (χ2n) is 5.77. The monoisotopic (exact) mass is 359 g/mol. The zero-order valence-corrected chi connectivity index (χ0v) is 13.1. The number of aliphatic carboxylic acids is 1. The van der Waals surface area contributed by atoms with Crippen LogP contribution < -0.4 is 10.5 Å². The Balaban J connectivity index is 2.17. The van der Waals surface area contributed by atoms with Crippen LogP contribution in [0.3, 0.4) is 0 Å². The van der Waals surface area contributed by atoms with Gasteiger partial charge in [0, 0.05) is 0 Å². The van der Waals surface area contributed by atoms with E-state index in [1.807, 2.05) is 0 Å². The standard InChI is InChI=1S/C15H21NO9/c16-7(14(22)23)3-6-1-2-8(18)9(4-6)24-15-13(21)12(20)11(19)10(5-17)25-15/h1-2,4,7,10-13,15,17-21H,3,5,16H2,(H,22,23)/t7?,10-,11-,12+,13-,15+/m1/s1. The molecule has 140 valence electrons. The largest absolute Gasteiger partial charge is 0.504 e. The van der Waals surface area contributed by atoms with E-state index in [1.54, 1.807) is 0 Å². The lowest BCUT2D eigenvalue weighted by Crippen LogP contribution is -2.60. The van der Waals surface area contributed by atoms with Gasteiger partial charge < -0.3 is 45.8 Å². The van der Waals surface area contributed by atoms with Crippen LogP contribution in [0.4, 0.5) is 0 Å². The highest BCUT2D eigenvalue weighted by Gasteiger charge is 2.44. The average molecular weight is 359 g/mol. The second kappa shape index (κ2) is 7.95. The van der Waals surface area contributed by atoms with Gasteiger partial charge in [-0.15, -0.1) is 0 Å². The number of carbonyl (C=O) groups is 1. The highest BCUT2D eigenvalue weighted by atomic mass is 16.7. The first kappa shape index (κ1) is 19.4. The van der Waals surface area contributed by atoms with Crippen LogP contribution in [0.5, 0.6) is 11.5 Å². The fourth-order valence-electron chi connectivity index (χ4n) is 2.41. The van der Waals surface area contributed by atoms with Crippen LogP contribution in [0.15, 0.2) is 18.2 Å². The van der Waals surface area contributed by atoms with E-state index in [-0.39, 0.29) is 17.9 Å². The summed E-state index contributed by atoms with van der Waals surface area (Å²) in [5, 5.41) is 57.2. The zero-order valence-electron chi connectivity index (χ0n) is 13.1. The number of rotatable bonds is 6. The Morgan fingerprint density at radius 2 is 1.92 bits per heavy atom. The molecule has 1 aliphatic heterocycles. The van der Waals surface area contributed by atoms with E-state index in [2.05, 4.69) is 0 Å². The highest BCUT2D eigenvalue weighted by Crippen LogP contribution is 2.31. The van der Waals surface area contributed by atoms with Crippen molar-refractivity contribution in [1.29, 1.82) is 0 Å². The van der Waals surface area contributed by atoms with Gasteiger partial charge in [0.25, 0.3) is 0 Å². The van der Waals surface area contributed by atoms with Gasteiger partial charge in [-0.2, -0.15) is 0 Å². The fraction of sp³-hybridized carbons (Fsp3) is 0.533. The van der Waals surface area contributed by atoms with Crippen LogP contribution in [0.2, 0.25) is 0 Å². The molecule has 0 radical (unpaired) electrons. The molecule has 0 aromatic heterocycles. The molecule has 0 bridgehead atoms. The van der Waals surface area contributed by atoms with Gasteiger partial charge in [-0.3, -0.25) is 4.79 Å². The lowest BCUT2D eigenvalue weighted by atomic mass is 9.99. The number of carboxylic acid groups (broad SMARTS) is 1. The van der Waals surface area contributed by atoms with Crippen LogP contribution in [0.1, 0.15) is 5.56 Å². The van der Waals surface area contributed by atoms with Gasteiger partial charge in [0.1, 0.15) is 30.5 Å². The third-order valence-electron chi connectivity index (χ3n) is 3.89. The molecule has 0 amide bonds. The van der Waals surface area contributed by atoms with Gasteiger partial charge in [-0.25, -0.2) is 0 Å². The molecule has 0 spiro atoms. The number of hydrogen-bond donors (Lipinski definition) is 7. The Bertz CT molecular complexity index is 609. The molecule has 1 heterocycles. The van der Waals surface area contributed by atoms with Crippen molar-refractivity contribution in [2.75, 3.05) is 6.61 Å². The van der Waals surface area contributed by atoms with Crippen molar-refractivity contribution < 1.29 is 44.9 Å². The van der Waals surface area contributed by atoms with E-state index < -0.39 is 49.3 Å². The lowest BCUT2D eigenvalue weighted by Gasteiger charge is -2.39. The van der Waals surface area contributed by atoms with Gasteiger partial charge in [0.15, 0.2) is 11.5 Å². The van der Waals surface area contributed by atoms with Crippen LogP contribution in [0.25, 0.3) is 0 Å². The number of hydrogen-bond acceptors (Lipinski definition) is 9. The molecule has 10 nitrogen and oxygen atoms in total. The Morgan fingerprint density at radius 1 is 1.24 bits per heavy atom. The summed E-state index contributed by atoms with van der Waals surface area (Å²) < 4.78 is 10.5. The quantitative estimate of drug-likeness (QED) is 0.287. The Labute approximate surface area is 142 Å². The maximum Gasteiger partial charge on any atom is 0.320 e. The first-order chi connectivity index (χ1) is 11.7. The number of aromatic hydroxyl groups is 1. The second-order valence-corrected chi connectivity index (χ2v) is 5.77. The summed E-state index contributed by atoms with van der Waals surface area (Å²) >= 11 is 0. The molecule has 2 rings (SSSR count). The number of benzene rings is 1. The number of ether oxygens (including phenoxy) is 2. The van der Waals surface area contributed by atoms with Gasteiger partial charge in [-0.1, -0.05) is 6.07 Å². The minimum absolute atomic E-state index is 0.0271. The minimum Gasteiger partial charge on any atom is -0.504 e. The van der Waals surface area contributed by atoms with Crippen molar-refractivity contribution in [3.8, 4) is 11.5 Å². The summed E-state index contributed by atoms with van der Waals surface area (Å²) in [5.74, 6) is -1.64. The Hall–Kier alpha value is -1.95.